The number of ether oxygens (including phenoxy) is 3. The van der Waals surface area contributed by atoms with Crippen molar-refractivity contribution in [1.82, 2.24) is 4.90 Å². The summed E-state index contributed by atoms with van der Waals surface area (Å²) >= 11 is 0. The highest BCUT2D eigenvalue weighted by atomic mass is 16.5. The van der Waals surface area contributed by atoms with Crippen molar-refractivity contribution >= 4 is 0 Å². The number of aliphatic hydroxyl groups is 1. The Labute approximate surface area is 116 Å². The van der Waals surface area contributed by atoms with Crippen LogP contribution >= 0.6 is 0 Å². The molecule has 0 atom stereocenters. The summed E-state index contributed by atoms with van der Waals surface area (Å²) in [7, 11) is 0. The summed E-state index contributed by atoms with van der Waals surface area (Å²) in [6.07, 6.45) is 3.75. The molecule has 0 aliphatic heterocycles. The Kier molecular flexibility index (Phi) is 14.8. The van der Waals surface area contributed by atoms with Crippen molar-refractivity contribution in [3.63, 3.8) is 0 Å². The van der Waals surface area contributed by atoms with Crippen LogP contribution in [-0.4, -0.2) is 75.9 Å². The van der Waals surface area contributed by atoms with E-state index in [1.54, 1.807) is 0 Å². The summed E-state index contributed by atoms with van der Waals surface area (Å²) in [5.41, 5.74) is 0. The zero-order chi connectivity index (χ0) is 14.2. The van der Waals surface area contributed by atoms with E-state index in [1.807, 2.05) is 12.2 Å². The standard InChI is InChI=1S/C14H27NO4/c1-3-5-15(6-4-2)7-9-17-11-13-19-14-12-18-10-8-16/h3-4,16H,1-2,5-14H2. The maximum absolute atomic E-state index is 8.49. The summed E-state index contributed by atoms with van der Waals surface area (Å²) in [5.74, 6) is 0. The first-order valence-electron chi connectivity index (χ1n) is 6.63. The third-order valence-corrected chi connectivity index (χ3v) is 2.31. The van der Waals surface area contributed by atoms with Crippen molar-refractivity contribution in [1.29, 1.82) is 0 Å². The Morgan fingerprint density at radius 2 is 1.26 bits per heavy atom. The topological polar surface area (TPSA) is 51.2 Å². The molecule has 0 aromatic heterocycles. The Hall–Kier alpha value is -0.720. The van der Waals surface area contributed by atoms with E-state index in [1.165, 1.54) is 0 Å². The number of hydrogen-bond acceptors (Lipinski definition) is 5. The van der Waals surface area contributed by atoms with Crippen molar-refractivity contribution in [3.05, 3.63) is 25.3 Å². The van der Waals surface area contributed by atoms with Crippen molar-refractivity contribution in [2.24, 2.45) is 0 Å². The van der Waals surface area contributed by atoms with Crippen LogP contribution in [0.25, 0.3) is 0 Å². The van der Waals surface area contributed by atoms with Gasteiger partial charge in [-0.15, -0.1) is 13.2 Å². The van der Waals surface area contributed by atoms with Gasteiger partial charge in [-0.3, -0.25) is 4.90 Å². The lowest BCUT2D eigenvalue weighted by atomic mass is 10.4. The summed E-state index contributed by atoms with van der Waals surface area (Å²) < 4.78 is 15.8. The van der Waals surface area contributed by atoms with Crippen LogP contribution in [0.1, 0.15) is 0 Å². The van der Waals surface area contributed by atoms with Crippen molar-refractivity contribution in [2.75, 3.05) is 65.9 Å². The smallest absolute Gasteiger partial charge is 0.0701 e. The van der Waals surface area contributed by atoms with Gasteiger partial charge in [0.15, 0.2) is 0 Å². The molecule has 0 fully saturated rings. The largest absolute Gasteiger partial charge is 0.394 e. The first kappa shape index (κ1) is 18.3. The summed E-state index contributed by atoms with van der Waals surface area (Å²) in [6.45, 7) is 13.2. The maximum atomic E-state index is 8.49. The third-order valence-electron chi connectivity index (χ3n) is 2.31. The third kappa shape index (κ3) is 13.5. The number of nitrogens with zero attached hydrogens (tertiary/aromatic N) is 1. The van der Waals surface area contributed by atoms with Crippen LogP contribution < -0.4 is 0 Å². The minimum atomic E-state index is 0.0506. The van der Waals surface area contributed by atoms with Gasteiger partial charge in [-0.2, -0.15) is 0 Å². The minimum absolute atomic E-state index is 0.0506. The second-order valence-electron chi connectivity index (χ2n) is 3.90. The van der Waals surface area contributed by atoms with Gasteiger partial charge >= 0.3 is 0 Å². The van der Waals surface area contributed by atoms with E-state index in [2.05, 4.69) is 18.1 Å². The molecular formula is C14H27NO4. The lowest BCUT2D eigenvalue weighted by molar-refractivity contribution is 0.00530. The van der Waals surface area contributed by atoms with Gasteiger partial charge in [0, 0.05) is 19.6 Å². The van der Waals surface area contributed by atoms with Crippen molar-refractivity contribution in [3.8, 4) is 0 Å². The molecular weight excluding hydrogens is 246 g/mol. The van der Waals surface area contributed by atoms with E-state index in [-0.39, 0.29) is 6.61 Å². The number of rotatable bonds is 15. The predicted octanol–water partition coefficient (Wildman–Crippen LogP) is 0.702. The molecule has 1 N–H and O–H groups in total. The van der Waals surface area contributed by atoms with E-state index < -0.39 is 0 Å². The molecule has 0 aliphatic rings. The molecule has 0 radical (unpaired) electrons. The van der Waals surface area contributed by atoms with Crippen LogP contribution in [0.3, 0.4) is 0 Å². The highest BCUT2D eigenvalue weighted by molar-refractivity contribution is 4.79. The predicted molar refractivity (Wildman–Crippen MR) is 76.4 cm³/mol. The molecule has 0 aromatic carbocycles. The monoisotopic (exact) mass is 273 g/mol. The van der Waals surface area contributed by atoms with Crippen LogP contribution in [0.15, 0.2) is 25.3 Å². The van der Waals surface area contributed by atoms with Gasteiger partial charge in [-0.25, -0.2) is 0 Å². The van der Waals surface area contributed by atoms with E-state index >= 15 is 0 Å². The van der Waals surface area contributed by atoms with Gasteiger partial charge in [0.1, 0.15) is 0 Å². The number of aliphatic hydroxyl groups excluding tert-OH is 1. The summed E-state index contributed by atoms with van der Waals surface area (Å²) in [4.78, 5) is 2.20. The average Bonchev–Trinajstić information content (AvgIpc) is 2.41. The summed E-state index contributed by atoms with van der Waals surface area (Å²) in [5, 5.41) is 8.49. The Morgan fingerprint density at radius 1 is 0.789 bits per heavy atom. The first-order valence-corrected chi connectivity index (χ1v) is 6.63. The SMILES string of the molecule is C=CCN(CC=C)CCOCCOCCOCCO. The lowest BCUT2D eigenvalue weighted by Crippen LogP contribution is -2.28. The quantitative estimate of drug-likeness (QED) is 0.352. The molecule has 0 amide bonds. The van der Waals surface area contributed by atoms with Crippen molar-refractivity contribution in [2.45, 2.75) is 0 Å². The average molecular weight is 273 g/mol. The van der Waals surface area contributed by atoms with Gasteiger partial charge in [0.25, 0.3) is 0 Å². The molecule has 0 unspecified atom stereocenters. The van der Waals surface area contributed by atoms with E-state index in [9.17, 15) is 0 Å². The zero-order valence-electron chi connectivity index (χ0n) is 11.8. The Balaban J connectivity index is 3.24. The van der Waals surface area contributed by atoms with Crippen molar-refractivity contribution < 1.29 is 19.3 Å². The first-order chi connectivity index (χ1) is 9.35. The van der Waals surface area contributed by atoms with Crippen LogP contribution in [0.5, 0.6) is 0 Å². The normalized spacial score (nSPS) is 10.8. The lowest BCUT2D eigenvalue weighted by Gasteiger charge is -2.18. The second kappa shape index (κ2) is 15.3. The molecule has 0 spiro atoms. The van der Waals surface area contributed by atoms with Gasteiger partial charge in [-0.1, -0.05) is 12.2 Å². The van der Waals surface area contributed by atoms with Gasteiger partial charge in [0.05, 0.1) is 46.2 Å². The van der Waals surface area contributed by atoms with Gasteiger partial charge in [-0.05, 0) is 0 Å². The Bertz CT molecular complexity index is 202. The molecule has 0 aliphatic carbocycles. The molecule has 0 aromatic rings. The summed E-state index contributed by atoms with van der Waals surface area (Å²) in [6, 6.07) is 0. The zero-order valence-corrected chi connectivity index (χ0v) is 11.8. The fraction of sp³-hybridized carbons (Fsp3) is 0.714. The Morgan fingerprint density at radius 3 is 1.74 bits per heavy atom. The maximum Gasteiger partial charge on any atom is 0.0701 e. The molecule has 19 heavy (non-hydrogen) atoms. The highest BCUT2D eigenvalue weighted by Gasteiger charge is 1.99. The second-order valence-corrected chi connectivity index (χ2v) is 3.90. The van der Waals surface area contributed by atoms with E-state index in [0.717, 1.165) is 19.6 Å². The number of hydrogen-bond donors (Lipinski definition) is 1. The van der Waals surface area contributed by atoms with Crippen LogP contribution in [-0.2, 0) is 14.2 Å². The van der Waals surface area contributed by atoms with E-state index in [4.69, 9.17) is 19.3 Å². The molecule has 0 bridgehead atoms. The molecule has 0 heterocycles. The van der Waals surface area contributed by atoms with Crippen LogP contribution in [0.4, 0.5) is 0 Å². The van der Waals surface area contributed by atoms with Crippen LogP contribution in [0.2, 0.25) is 0 Å². The fourth-order valence-electron chi connectivity index (χ4n) is 1.42. The molecule has 0 saturated carbocycles. The fourth-order valence-corrected chi connectivity index (χ4v) is 1.42. The molecule has 5 nitrogen and oxygen atoms in total. The molecule has 0 rings (SSSR count). The van der Waals surface area contributed by atoms with Gasteiger partial charge < -0.3 is 19.3 Å². The van der Waals surface area contributed by atoms with Gasteiger partial charge in [0.2, 0.25) is 0 Å². The van der Waals surface area contributed by atoms with Crippen LogP contribution in [0, 0.1) is 0 Å². The molecule has 112 valence electrons. The minimum Gasteiger partial charge on any atom is -0.394 e. The molecule has 5 heteroatoms. The van der Waals surface area contributed by atoms with E-state index in [0.29, 0.717) is 39.6 Å². The highest BCUT2D eigenvalue weighted by Crippen LogP contribution is 1.90. The molecule has 0 saturated heterocycles.